The number of amides is 4. The lowest BCUT2D eigenvalue weighted by Crippen LogP contribution is -2.51. The molecular formula is C47H55F4N11O6. The van der Waals surface area contributed by atoms with E-state index in [1.54, 1.807) is 22.5 Å². The number of likely N-dealkylation sites (tertiary alicyclic amines) is 1. The molecule has 0 spiro atoms. The van der Waals surface area contributed by atoms with E-state index in [0.29, 0.717) is 30.9 Å². The van der Waals surface area contributed by atoms with Crippen molar-refractivity contribution in [3.8, 4) is 0 Å². The summed E-state index contributed by atoms with van der Waals surface area (Å²) in [6.45, 7) is 3.38. The fourth-order valence-electron chi connectivity index (χ4n) is 11.3. The van der Waals surface area contributed by atoms with E-state index < -0.39 is 53.9 Å². The molecule has 5 aliphatic rings. The summed E-state index contributed by atoms with van der Waals surface area (Å²) in [6.07, 6.45) is 8.65. The van der Waals surface area contributed by atoms with Gasteiger partial charge in [0.1, 0.15) is 23.6 Å². The number of imidazole rings is 1. The zero-order valence-corrected chi connectivity index (χ0v) is 37.8. The number of urea groups is 1. The Morgan fingerprint density at radius 2 is 1.78 bits per heavy atom. The maximum atomic E-state index is 14.7. The number of carbonyl (C=O) groups excluding carboxylic acids is 4. The van der Waals surface area contributed by atoms with Gasteiger partial charge in [0.15, 0.2) is 11.4 Å². The van der Waals surface area contributed by atoms with Crippen molar-refractivity contribution in [2.75, 3.05) is 31.1 Å². The van der Waals surface area contributed by atoms with Crippen molar-refractivity contribution in [1.29, 1.82) is 0 Å². The number of hydrogen-bond donors (Lipinski definition) is 2. The number of hydrogen-bond acceptors (Lipinski definition) is 10. The smallest absolute Gasteiger partial charge is 0.329 e. The first kappa shape index (κ1) is 45.8. The molecule has 1 aromatic carbocycles. The number of benzene rings is 1. The summed E-state index contributed by atoms with van der Waals surface area (Å²) < 4.78 is 70.5. The van der Waals surface area contributed by atoms with Crippen molar-refractivity contribution in [2.45, 2.75) is 133 Å². The zero-order chi connectivity index (χ0) is 47.4. The Labute approximate surface area is 388 Å². The number of rotatable bonds is 14. The maximum absolute atomic E-state index is 14.7. The lowest BCUT2D eigenvalue weighted by Gasteiger charge is -2.36. The molecule has 4 amide bonds. The van der Waals surface area contributed by atoms with Crippen molar-refractivity contribution in [3.63, 3.8) is 0 Å². The van der Waals surface area contributed by atoms with Gasteiger partial charge in [-0.15, -0.1) is 0 Å². The molecule has 4 aromatic heterocycles. The summed E-state index contributed by atoms with van der Waals surface area (Å²) in [6, 6.07) is 3.54. The third-order valence-electron chi connectivity index (χ3n) is 14.9. The van der Waals surface area contributed by atoms with Gasteiger partial charge in [0.25, 0.3) is 12.3 Å². The normalized spacial score (nSPS) is 24.8. The van der Waals surface area contributed by atoms with Crippen LogP contribution in [0.4, 0.5) is 28.2 Å². The van der Waals surface area contributed by atoms with Gasteiger partial charge in [0, 0.05) is 70.5 Å². The lowest BCUT2D eigenvalue weighted by atomic mass is 9.85. The highest BCUT2D eigenvalue weighted by atomic mass is 19.3. The third-order valence-corrected chi connectivity index (χ3v) is 14.9. The average Bonchev–Trinajstić information content (AvgIpc) is 4.09. The van der Waals surface area contributed by atoms with Crippen molar-refractivity contribution in [3.05, 3.63) is 75.7 Å². The van der Waals surface area contributed by atoms with Crippen LogP contribution in [0.3, 0.4) is 0 Å². The second-order valence-electron chi connectivity index (χ2n) is 19.2. The molecule has 2 N–H and O–H groups in total. The minimum atomic E-state index is -3.06. The van der Waals surface area contributed by atoms with Crippen LogP contribution in [0.1, 0.15) is 123 Å². The number of alkyl halides is 4. The van der Waals surface area contributed by atoms with E-state index in [1.165, 1.54) is 32.4 Å². The van der Waals surface area contributed by atoms with Crippen LogP contribution in [0, 0.1) is 5.92 Å². The number of fused-ring (bicyclic) bond motifs is 3. The molecule has 5 aromatic rings. The average molecular weight is 946 g/mol. The van der Waals surface area contributed by atoms with Crippen LogP contribution in [0.15, 0.2) is 47.7 Å². The molecule has 0 bridgehead atoms. The Balaban J connectivity index is 0.693. The summed E-state index contributed by atoms with van der Waals surface area (Å²) in [5, 5.41) is 13.3. The van der Waals surface area contributed by atoms with Crippen LogP contribution < -0.4 is 21.2 Å². The number of carbonyl (C=O) groups is 4. The van der Waals surface area contributed by atoms with Crippen molar-refractivity contribution >= 4 is 46.1 Å². The topological polar surface area (TPSA) is 183 Å². The van der Waals surface area contributed by atoms with E-state index in [1.807, 2.05) is 18.2 Å². The molecule has 0 radical (unpaired) electrons. The summed E-state index contributed by atoms with van der Waals surface area (Å²) in [5.41, 5.74) is 2.00. The summed E-state index contributed by atoms with van der Waals surface area (Å²) in [7, 11) is 1.71. The number of imide groups is 1. The lowest BCUT2D eigenvalue weighted by molar-refractivity contribution is -0.135. The molecule has 68 heavy (non-hydrogen) atoms. The highest BCUT2D eigenvalue weighted by Gasteiger charge is 2.55. The Morgan fingerprint density at radius 3 is 2.54 bits per heavy atom. The van der Waals surface area contributed by atoms with Crippen LogP contribution in [-0.4, -0.2) is 112 Å². The van der Waals surface area contributed by atoms with E-state index >= 15 is 0 Å². The van der Waals surface area contributed by atoms with E-state index in [-0.39, 0.29) is 78.4 Å². The molecule has 1 unspecified atom stereocenters. The predicted octanol–water partition coefficient (Wildman–Crippen LogP) is 5.85. The highest BCUT2D eigenvalue weighted by molar-refractivity contribution is 6.03. The second-order valence-corrected chi connectivity index (χ2v) is 19.2. The van der Waals surface area contributed by atoms with Gasteiger partial charge in [0.05, 0.1) is 41.0 Å². The van der Waals surface area contributed by atoms with E-state index in [0.717, 1.165) is 75.7 Å². The molecule has 21 heteroatoms. The van der Waals surface area contributed by atoms with Gasteiger partial charge >= 0.3 is 11.7 Å². The van der Waals surface area contributed by atoms with Crippen LogP contribution in [0.5, 0.6) is 0 Å². The maximum Gasteiger partial charge on any atom is 0.329 e. The standard InChI is InChI=1S/C47H55F4N11O6/c1-57-40-28(5-2-7-33(40)61(46(57)67)35-13-14-38(64)54-44(35)65)6-4-22-68-31-15-19-58(20-16-31)25-27-9-11-30(12-10-27)60-26-29(39(56-60)42(48)49)23-36(63)32-24-52-59-21-17-37(53-43(32)59)62-34-8-3-18-47(50,51)41(34)55-45(62)66/h2,5,7,17,21,24,26-27,30-31,34-35,41-42H,3-4,6,8-16,18-20,22-23,25H2,1H3,(H,55,66)(H,54,64,65)/t27?,30?,34-,35?,41-/m1/s1. The van der Waals surface area contributed by atoms with Crippen LogP contribution >= 0.6 is 0 Å². The molecule has 2 aliphatic carbocycles. The fraction of sp³-hybridized carbons (Fsp3) is 0.574. The molecule has 7 heterocycles. The molecule has 362 valence electrons. The molecule has 3 atom stereocenters. The van der Waals surface area contributed by atoms with Gasteiger partial charge in [0.2, 0.25) is 11.8 Å². The van der Waals surface area contributed by atoms with Crippen LogP contribution in [-0.2, 0) is 34.2 Å². The number of nitrogens with zero attached hydrogens (tertiary/aromatic N) is 9. The molecule has 17 nitrogen and oxygen atoms in total. The van der Waals surface area contributed by atoms with Gasteiger partial charge in [-0.05, 0) is 94.2 Å². The summed E-state index contributed by atoms with van der Waals surface area (Å²) in [4.78, 5) is 72.5. The molecule has 3 aliphatic heterocycles. The molecule has 5 fully saturated rings. The SMILES string of the molecule is Cn1c(=O)n(C2CCC(=O)NC2=O)c2cccc(CCCOC3CCN(CC4CCC(n5cc(CC(=O)c6cnn7ccc(N8C(=O)N[C@@H]9[C@H]8CCCC9(F)F)nc67)c(C(F)F)n5)CC4)CC3)c21. The number of aryl methyl sites for hydroxylation is 2. The molecule has 10 rings (SSSR count). The number of aromatic nitrogens is 7. The number of para-hydroxylation sites is 1. The van der Waals surface area contributed by atoms with Gasteiger partial charge in [-0.3, -0.25) is 38.4 Å². The van der Waals surface area contributed by atoms with E-state index in [4.69, 9.17) is 4.74 Å². The summed E-state index contributed by atoms with van der Waals surface area (Å²) >= 11 is 0. The number of nitrogens with one attached hydrogen (secondary N) is 2. The van der Waals surface area contributed by atoms with Gasteiger partial charge in [-0.1, -0.05) is 12.1 Å². The predicted molar refractivity (Wildman–Crippen MR) is 239 cm³/mol. The fourth-order valence-corrected chi connectivity index (χ4v) is 11.3. The molecule has 3 saturated heterocycles. The Hall–Kier alpha value is -5.96. The van der Waals surface area contributed by atoms with Crippen LogP contribution in [0.25, 0.3) is 16.7 Å². The Kier molecular flexibility index (Phi) is 12.5. The molecule has 2 saturated carbocycles. The van der Waals surface area contributed by atoms with Crippen molar-refractivity contribution in [1.82, 2.24) is 49.0 Å². The number of ether oxygens (including phenoxy) is 1. The van der Waals surface area contributed by atoms with E-state index in [2.05, 4.69) is 30.7 Å². The zero-order valence-electron chi connectivity index (χ0n) is 37.8. The quantitative estimate of drug-likeness (QED) is 0.0593. The first-order valence-corrected chi connectivity index (χ1v) is 23.8. The number of halogens is 4. The first-order chi connectivity index (χ1) is 32.7. The highest BCUT2D eigenvalue weighted by Crippen LogP contribution is 2.41. The monoisotopic (exact) mass is 945 g/mol. The first-order valence-electron chi connectivity index (χ1n) is 23.8. The second kappa shape index (κ2) is 18.5. The largest absolute Gasteiger partial charge is 0.378 e. The number of piperidine rings is 2. The van der Waals surface area contributed by atoms with E-state index in [9.17, 15) is 41.5 Å². The minimum absolute atomic E-state index is 0.0579. The summed E-state index contributed by atoms with van der Waals surface area (Å²) in [5.74, 6) is -3.81. The Morgan fingerprint density at radius 1 is 0.985 bits per heavy atom. The number of anilines is 1. The number of Topliss-reactive ketones (excluding diaryl/α,β-unsaturated/α-hetero) is 1. The number of ketones is 1. The van der Waals surface area contributed by atoms with Gasteiger partial charge in [-0.25, -0.2) is 36.7 Å². The van der Waals surface area contributed by atoms with Crippen LogP contribution in [0.2, 0.25) is 0 Å². The Bertz CT molecular complexity index is 2800. The van der Waals surface area contributed by atoms with Crippen molar-refractivity contribution in [2.24, 2.45) is 13.0 Å². The third kappa shape index (κ3) is 8.71. The van der Waals surface area contributed by atoms with Gasteiger partial charge < -0.3 is 15.0 Å². The molecular weight excluding hydrogens is 891 g/mol. The minimum Gasteiger partial charge on any atom is -0.378 e. The van der Waals surface area contributed by atoms with Gasteiger partial charge in [-0.2, -0.15) is 10.2 Å². The van der Waals surface area contributed by atoms with Crippen molar-refractivity contribution < 1.29 is 41.5 Å².